The molecule has 10 nitrogen and oxygen atoms in total. The molecule has 6 aromatic rings. The van der Waals surface area contributed by atoms with Crippen LogP contribution in [0.2, 0.25) is 0 Å². The Bertz CT molecular complexity index is 1860. The summed E-state index contributed by atoms with van der Waals surface area (Å²) in [5, 5.41) is 4.82. The lowest BCUT2D eigenvalue weighted by molar-refractivity contribution is 0.380. The van der Waals surface area contributed by atoms with Gasteiger partial charge in [-0.3, -0.25) is 14.3 Å². The van der Waals surface area contributed by atoms with Crippen LogP contribution in [0.1, 0.15) is 18.7 Å². The standard InChI is InChI=1S/C29H24N8O2S/c1-17(35-26-22(14-32-28(30)36-26)24-15-31-16-40-24)23-11-18-7-6-10-21(19-12-33-29(39-2)34-13-19)25(18)27(38)37(23)20-8-4-3-5-9-20/h3-17H,1-2H3,(H3,30,32,35,36)/t17-/m0/s1. The molecule has 0 aliphatic carbocycles. The first-order valence-electron chi connectivity index (χ1n) is 12.4. The van der Waals surface area contributed by atoms with Crippen molar-refractivity contribution in [2.75, 3.05) is 18.2 Å². The zero-order valence-electron chi connectivity index (χ0n) is 21.6. The summed E-state index contributed by atoms with van der Waals surface area (Å²) in [4.78, 5) is 36.6. The molecule has 40 heavy (non-hydrogen) atoms. The normalized spacial score (nSPS) is 11.8. The van der Waals surface area contributed by atoms with E-state index in [9.17, 15) is 4.79 Å². The zero-order valence-corrected chi connectivity index (χ0v) is 22.5. The number of thiazole rings is 1. The number of nitrogens with two attached hydrogens (primary N) is 1. The van der Waals surface area contributed by atoms with E-state index in [0.29, 0.717) is 16.8 Å². The fraction of sp³-hybridized carbons (Fsp3) is 0.103. The van der Waals surface area contributed by atoms with Crippen LogP contribution >= 0.6 is 11.3 Å². The van der Waals surface area contributed by atoms with Gasteiger partial charge in [0.05, 0.1) is 34.5 Å². The Hall–Kier alpha value is -5.16. The minimum absolute atomic E-state index is 0.147. The third-order valence-corrected chi connectivity index (χ3v) is 7.32. The van der Waals surface area contributed by atoms with Crippen LogP contribution in [0, 0.1) is 0 Å². The van der Waals surface area contributed by atoms with Gasteiger partial charge in [-0.1, -0.05) is 36.4 Å². The zero-order chi connectivity index (χ0) is 27.6. The Labute approximate surface area is 233 Å². The summed E-state index contributed by atoms with van der Waals surface area (Å²) in [5.41, 5.74) is 11.3. The van der Waals surface area contributed by atoms with E-state index in [-0.39, 0.29) is 23.6 Å². The molecule has 0 aliphatic rings. The maximum atomic E-state index is 14.3. The molecule has 6 rings (SSSR count). The molecule has 1 atom stereocenters. The van der Waals surface area contributed by atoms with Crippen LogP contribution in [0.25, 0.3) is 38.0 Å². The molecule has 0 radical (unpaired) electrons. The molecule has 0 aliphatic heterocycles. The fourth-order valence-electron chi connectivity index (χ4n) is 4.66. The average Bonchev–Trinajstić information content (AvgIpc) is 3.52. The molecule has 0 amide bonds. The van der Waals surface area contributed by atoms with Crippen molar-refractivity contribution in [3.8, 4) is 33.3 Å². The number of aromatic nitrogens is 6. The summed E-state index contributed by atoms with van der Waals surface area (Å²) in [5.74, 6) is 0.703. The summed E-state index contributed by atoms with van der Waals surface area (Å²) in [7, 11) is 1.51. The highest BCUT2D eigenvalue weighted by Crippen LogP contribution is 2.33. The molecule has 0 unspecified atom stereocenters. The molecule has 0 saturated heterocycles. The van der Waals surface area contributed by atoms with Gasteiger partial charge in [0, 0.05) is 41.7 Å². The lowest BCUT2D eigenvalue weighted by Crippen LogP contribution is -2.26. The average molecular weight is 549 g/mol. The first kappa shape index (κ1) is 25.1. The van der Waals surface area contributed by atoms with Crippen molar-refractivity contribution >= 4 is 33.9 Å². The number of hydrogen-bond acceptors (Lipinski definition) is 10. The highest BCUT2D eigenvalue weighted by Gasteiger charge is 2.21. The predicted molar refractivity (Wildman–Crippen MR) is 157 cm³/mol. The molecule has 2 aromatic carbocycles. The predicted octanol–water partition coefficient (Wildman–Crippen LogP) is 5.13. The molecule has 0 saturated carbocycles. The number of methoxy groups -OCH3 is 1. The van der Waals surface area contributed by atoms with Crippen LogP contribution < -0.4 is 21.3 Å². The summed E-state index contributed by atoms with van der Waals surface area (Å²) in [6.45, 7) is 1.98. The summed E-state index contributed by atoms with van der Waals surface area (Å²) in [6.07, 6.45) is 6.76. The Morgan fingerprint density at radius 2 is 1.77 bits per heavy atom. The quantitative estimate of drug-likeness (QED) is 0.279. The van der Waals surface area contributed by atoms with Crippen molar-refractivity contribution in [2.45, 2.75) is 13.0 Å². The van der Waals surface area contributed by atoms with Crippen LogP contribution in [-0.2, 0) is 0 Å². The Kier molecular flexibility index (Phi) is 6.62. The highest BCUT2D eigenvalue weighted by molar-refractivity contribution is 7.13. The van der Waals surface area contributed by atoms with Gasteiger partial charge in [-0.05, 0) is 36.1 Å². The van der Waals surface area contributed by atoms with Crippen LogP contribution in [0.3, 0.4) is 0 Å². The molecule has 198 valence electrons. The molecule has 4 aromatic heterocycles. The first-order chi connectivity index (χ1) is 19.5. The van der Waals surface area contributed by atoms with Crippen LogP contribution in [-0.4, -0.2) is 36.6 Å². The van der Waals surface area contributed by atoms with Gasteiger partial charge < -0.3 is 15.8 Å². The van der Waals surface area contributed by atoms with Gasteiger partial charge in [-0.25, -0.2) is 15.0 Å². The molecule has 0 fully saturated rings. The minimum Gasteiger partial charge on any atom is -0.467 e. The maximum absolute atomic E-state index is 14.3. The van der Waals surface area contributed by atoms with E-state index in [1.165, 1.54) is 18.4 Å². The van der Waals surface area contributed by atoms with Gasteiger partial charge in [-0.2, -0.15) is 4.98 Å². The number of hydrogen-bond donors (Lipinski definition) is 2. The summed E-state index contributed by atoms with van der Waals surface area (Å²) in [6, 6.07) is 17.2. The van der Waals surface area contributed by atoms with Gasteiger partial charge in [0.2, 0.25) is 5.95 Å². The van der Waals surface area contributed by atoms with Gasteiger partial charge in [-0.15, -0.1) is 11.3 Å². The van der Waals surface area contributed by atoms with E-state index in [4.69, 9.17) is 10.5 Å². The van der Waals surface area contributed by atoms with Crippen LogP contribution in [0.4, 0.5) is 11.8 Å². The molecule has 0 spiro atoms. The third-order valence-electron chi connectivity index (χ3n) is 6.51. The van der Waals surface area contributed by atoms with Crippen molar-refractivity contribution in [3.05, 3.63) is 101 Å². The largest absolute Gasteiger partial charge is 0.467 e. The van der Waals surface area contributed by atoms with E-state index in [0.717, 1.165) is 32.8 Å². The molecule has 11 heteroatoms. The molecular weight excluding hydrogens is 524 g/mol. The number of ether oxygens (including phenoxy) is 1. The number of nitrogens with one attached hydrogen (secondary N) is 1. The van der Waals surface area contributed by atoms with E-state index >= 15 is 0 Å². The number of anilines is 2. The van der Waals surface area contributed by atoms with Crippen molar-refractivity contribution in [3.63, 3.8) is 0 Å². The van der Waals surface area contributed by atoms with E-state index in [2.05, 4.69) is 30.2 Å². The van der Waals surface area contributed by atoms with Crippen LogP contribution in [0.15, 0.2) is 89.7 Å². The van der Waals surface area contributed by atoms with E-state index in [1.54, 1.807) is 34.9 Å². The maximum Gasteiger partial charge on any atom is 0.316 e. The summed E-state index contributed by atoms with van der Waals surface area (Å²) >= 11 is 1.48. The molecular formula is C29H24N8O2S. The second kappa shape index (κ2) is 10.5. The number of benzene rings is 2. The number of para-hydroxylation sites is 1. The monoisotopic (exact) mass is 548 g/mol. The first-order valence-corrected chi connectivity index (χ1v) is 13.3. The van der Waals surface area contributed by atoms with Gasteiger partial charge in [0.15, 0.2) is 0 Å². The molecule has 4 heterocycles. The Morgan fingerprint density at radius 3 is 2.50 bits per heavy atom. The van der Waals surface area contributed by atoms with Gasteiger partial charge >= 0.3 is 6.01 Å². The van der Waals surface area contributed by atoms with Crippen molar-refractivity contribution in [1.82, 2.24) is 29.5 Å². The van der Waals surface area contributed by atoms with E-state index in [1.807, 2.05) is 61.5 Å². The van der Waals surface area contributed by atoms with Crippen LogP contribution in [0.5, 0.6) is 6.01 Å². The van der Waals surface area contributed by atoms with E-state index < -0.39 is 0 Å². The third kappa shape index (κ3) is 4.63. The Morgan fingerprint density at radius 1 is 0.975 bits per heavy atom. The lowest BCUT2D eigenvalue weighted by atomic mass is 9.99. The summed E-state index contributed by atoms with van der Waals surface area (Å²) < 4.78 is 6.84. The minimum atomic E-state index is -0.341. The number of pyridine rings is 1. The van der Waals surface area contributed by atoms with Gasteiger partial charge in [0.1, 0.15) is 5.82 Å². The number of nitrogens with zero attached hydrogens (tertiary/aromatic N) is 6. The van der Waals surface area contributed by atoms with Crippen molar-refractivity contribution in [2.24, 2.45) is 0 Å². The fourth-order valence-corrected chi connectivity index (χ4v) is 5.29. The topological polar surface area (TPSA) is 134 Å². The highest BCUT2D eigenvalue weighted by atomic mass is 32.1. The van der Waals surface area contributed by atoms with Gasteiger partial charge in [0.25, 0.3) is 5.56 Å². The molecule has 3 N–H and O–H groups in total. The SMILES string of the molecule is COc1ncc(-c2cccc3cc([C@H](C)Nc4nc(N)ncc4-c4cncs4)n(-c4ccccc4)c(=O)c23)cn1. The van der Waals surface area contributed by atoms with Crippen molar-refractivity contribution in [1.29, 1.82) is 0 Å². The number of nitrogen functional groups attached to an aromatic ring is 1. The van der Waals surface area contributed by atoms with Crippen molar-refractivity contribution < 1.29 is 4.74 Å². The number of rotatable bonds is 7. The molecule has 0 bridgehead atoms. The number of fused-ring (bicyclic) bond motifs is 1. The Balaban J connectivity index is 1.53. The second-order valence-electron chi connectivity index (χ2n) is 9.00. The lowest BCUT2D eigenvalue weighted by Gasteiger charge is -2.23. The second-order valence-corrected chi connectivity index (χ2v) is 9.88. The smallest absolute Gasteiger partial charge is 0.316 e.